The standard InChI is InChI=1S/C11H14O2S/c1-8-3-4-10(7-9(8)2)14-6-5-11(12)13/h3-4,7H,5-6H2,1-2H3,(H,12,13)/p-1. The van der Waals surface area contributed by atoms with Crippen LogP contribution in [0.5, 0.6) is 0 Å². The first-order valence-corrected chi connectivity index (χ1v) is 5.48. The van der Waals surface area contributed by atoms with Crippen molar-refractivity contribution in [2.24, 2.45) is 0 Å². The van der Waals surface area contributed by atoms with E-state index in [4.69, 9.17) is 0 Å². The Hall–Kier alpha value is -0.960. The van der Waals surface area contributed by atoms with Gasteiger partial charge < -0.3 is 9.90 Å². The molecule has 0 aliphatic heterocycles. The number of benzene rings is 1. The van der Waals surface area contributed by atoms with Crippen molar-refractivity contribution < 1.29 is 9.90 Å². The number of carbonyl (C=O) groups excluding carboxylic acids is 1. The van der Waals surface area contributed by atoms with Crippen LogP contribution in [0.3, 0.4) is 0 Å². The van der Waals surface area contributed by atoms with Gasteiger partial charge in [0, 0.05) is 16.6 Å². The van der Waals surface area contributed by atoms with Gasteiger partial charge in [0.2, 0.25) is 0 Å². The number of hydrogen-bond donors (Lipinski definition) is 0. The SMILES string of the molecule is Cc1ccc(SCCC(=O)[O-])cc1C. The Balaban J connectivity index is 2.51. The fourth-order valence-corrected chi connectivity index (χ4v) is 1.98. The van der Waals surface area contributed by atoms with E-state index < -0.39 is 5.97 Å². The molecule has 0 fully saturated rings. The maximum atomic E-state index is 10.2. The number of rotatable bonds is 4. The summed E-state index contributed by atoms with van der Waals surface area (Å²) in [4.78, 5) is 11.3. The van der Waals surface area contributed by atoms with Gasteiger partial charge in [-0.15, -0.1) is 11.8 Å². The highest BCUT2D eigenvalue weighted by Gasteiger charge is 1.97. The third kappa shape index (κ3) is 3.42. The van der Waals surface area contributed by atoms with Crippen molar-refractivity contribution in [1.82, 2.24) is 0 Å². The van der Waals surface area contributed by atoms with Crippen LogP contribution in [0.25, 0.3) is 0 Å². The average molecular weight is 209 g/mol. The monoisotopic (exact) mass is 209 g/mol. The third-order valence-electron chi connectivity index (χ3n) is 2.05. The molecule has 1 aromatic rings. The second-order valence-electron chi connectivity index (χ2n) is 3.22. The lowest BCUT2D eigenvalue weighted by Gasteiger charge is -2.05. The quantitative estimate of drug-likeness (QED) is 0.706. The minimum absolute atomic E-state index is 0.109. The summed E-state index contributed by atoms with van der Waals surface area (Å²) in [6.07, 6.45) is 0.109. The van der Waals surface area contributed by atoms with E-state index in [1.54, 1.807) is 11.8 Å². The Bertz CT molecular complexity index is 334. The molecular formula is C11H13O2S-. The zero-order valence-electron chi connectivity index (χ0n) is 8.37. The summed E-state index contributed by atoms with van der Waals surface area (Å²) in [5, 5.41) is 10.2. The molecule has 1 aromatic carbocycles. The van der Waals surface area contributed by atoms with Crippen molar-refractivity contribution in [2.75, 3.05) is 5.75 Å². The Labute approximate surface area is 88.3 Å². The highest BCUT2D eigenvalue weighted by Crippen LogP contribution is 2.21. The van der Waals surface area contributed by atoms with E-state index >= 15 is 0 Å². The highest BCUT2D eigenvalue weighted by molar-refractivity contribution is 7.99. The van der Waals surface area contributed by atoms with Crippen LogP contribution in [-0.2, 0) is 4.79 Å². The molecule has 0 aliphatic carbocycles. The molecule has 1 rings (SSSR count). The van der Waals surface area contributed by atoms with Gasteiger partial charge in [-0.2, -0.15) is 0 Å². The van der Waals surface area contributed by atoms with Gasteiger partial charge in [0.1, 0.15) is 0 Å². The van der Waals surface area contributed by atoms with Gasteiger partial charge in [0.25, 0.3) is 0 Å². The Kier molecular flexibility index (Phi) is 4.01. The third-order valence-corrected chi connectivity index (χ3v) is 3.05. The number of carbonyl (C=O) groups is 1. The van der Waals surface area contributed by atoms with Crippen LogP contribution in [0.2, 0.25) is 0 Å². The predicted molar refractivity (Wildman–Crippen MR) is 56.3 cm³/mol. The van der Waals surface area contributed by atoms with E-state index in [0.29, 0.717) is 5.75 Å². The summed E-state index contributed by atoms with van der Waals surface area (Å²) in [5.74, 6) is -0.411. The molecule has 0 saturated carbocycles. The van der Waals surface area contributed by atoms with Crippen LogP contribution in [-0.4, -0.2) is 11.7 Å². The molecule has 0 unspecified atom stereocenters. The second-order valence-corrected chi connectivity index (χ2v) is 4.38. The molecule has 3 heteroatoms. The predicted octanol–water partition coefficient (Wildman–Crippen LogP) is 1.54. The first-order valence-electron chi connectivity index (χ1n) is 4.49. The van der Waals surface area contributed by atoms with Crippen molar-refractivity contribution in [3.63, 3.8) is 0 Å². The van der Waals surface area contributed by atoms with Gasteiger partial charge in [-0.3, -0.25) is 0 Å². The number of carboxylic acid groups (broad SMARTS) is 1. The molecule has 14 heavy (non-hydrogen) atoms. The Morgan fingerprint density at radius 3 is 2.64 bits per heavy atom. The van der Waals surface area contributed by atoms with Crippen molar-refractivity contribution in [1.29, 1.82) is 0 Å². The Morgan fingerprint density at radius 1 is 1.36 bits per heavy atom. The van der Waals surface area contributed by atoms with E-state index in [1.165, 1.54) is 11.1 Å². The van der Waals surface area contributed by atoms with Gasteiger partial charge in [0.05, 0.1) is 0 Å². The minimum atomic E-state index is -0.985. The second kappa shape index (κ2) is 5.05. The molecule has 0 saturated heterocycles. The number of thioether (sulfide) groups is 1. The summed E-state index contributed by atoms with van der Waals surface area (Å²) in [7, 11) is 0. The van der Waals surface area contributed by atoms with Gasteiger partial charge in [-0.25, -0.2) is 0 Å². The molecule has 0 bridgehead atoms. The summed E-state index contributed by atoms with van der Waals surface area (Å²) < 4.78 is 0. The van der Waals surface area contributed by atoms with E-state index in [-0.39, 0.29) is 6.42 Å². The number of carboxylic acids is 1. The molecule has 0 amide bonds. The molecule has 76 valence electrons. The van der Waals surface area contributed by atoms with Gasteiger partial charge in [-0.1, -0.05) is 6.07 Å². The van der Waals surface area contributed by atoms with Crippen molar-refractivity contribution in [3.05, 3.63) is 29.3 Å². The summed E-state index contributed by atoms with van der Waals surface area (Å²) in [6, 6.07) is 6.15. The number of hydrogen-bond acceptors (Lipinski definition) is 3. The van der Waals surface area contributed by atoms with Gasteiger partial charge >= 0.3 is 0 Å². The normalized spacial score (nSPS) is 10.1. The fraction of sp³-hybridized carbons (Fsp3) is 0.364. The number of aryl methyl sites for hydroxylation is 2. The molecule has 0 N–H and O–H groups in total. The Morgan fingerprint density at radius 2 is 2.07 bits per heavy atom. The van der Waals surface area contributed by atoms with E-state index in [9.17, 15) is 9.90 Å². The molecule has 0 aliphatic rings. The largest absolute Gasteiger partial charge is 0.550 e. The lowest BCUT2D eigenvalue weighted by Crippen LogP contribution is -2.22. The first-order chi connectivity index (χ1) is 6.59. The van der Waals surface area contributed by atoms with Crippen LogP contribution in [0.15, 0.2) is 23.1 Å². The van der Waals surface area contributed by atoms with Gasteiger partial charge in [-0.05, 0) is 43.5 Å². The van der Waals surface area contributed by atoms with Crippen molar-refractivity contribution in [2.45, 2.75) is 25.2 Å². The first kappa shape index (κ1) is 11.1. The molecule has 2 nitrogen and oxygen atoms in total. The molecule has 0 spiro atoms. The van der Waals surface area contributed by atoms with Crippen LogP contribution in [0.4, 0.5) is 0 Å². The summed E-state index contributed by atoms with van der Waals surface area (Å²) in [6.45, 7) is 4.11. The van der Waals surface area contributed by atoms with Gasteiger partial charge in [0.15, 0.2) is 0 Å². The average Bonchev–Trinajstić information content (AvgIpc) is 2.10. The van der Waals surface area contributed by atoms with E-state index in [1.807, 2.05) is 6.07 Å². The van der Waals surface area contributed by atoms with Crippen molar-refractivity contribution in [3.8, 4) is 0 Å². The zero-order valence-corrected chi connectivity index (χ0v) is 9.19. The molecule has 0 aromatic heterocycles. The van der Waals surface area contributed by atoms with Crippen LogP contribution in [0.1, 0.15) is 17.5 Å². The molecule has 0 radical (unpaired) electrons. The lowest BCUT2D eigenvalue weighted by molar-refractivity contribution is -0.305. The van der Waals surface area contributed by atoms with Crippen LogP contribution >= 0.6 is 11.8 Å². The smallest absolute Gasteiger partial charge is 0.0422 e. The maximum Gasteiger partial charge on any atom is 0.0422 e. The highest BCUT2D eigenvalue weighted by atomic mass is 32.2. The topological polar surface area (TPSA) is 40.1 Å². The van der Waals surface area contributed by atoms with E-state index in [0.717, 1.165) is 4.90 Å². The summed E-state index contributed by atoms with van der Waals surface area (Å²) >= 11 is 1.55. The van der Waals surface area contributed by atoms with Crippen molar-refractivity contribution >= 4 is 17.7 Å². The molecule has 0 heterocycles. The zero-order chi connectivity index (χ0) is 10.6. The summed E-state index contributed by atoms with van der Waals surface area (Å²) in [5.41, 5.74) is 2.50. The molecular weight excluding hydrogens is 196 g/mol. The number of aliphatic carboxylic acids is 1. The molecule has 0 atom stereocenters. The lowest BCUT2D eigenvalue weighted by atomic mass is 10.1. The van der Waals surface area contributed by atoms with Crippen LogP contribution < -0.4 is 5.11 Å². The minimum Gasteiger partial charge on any atom is -0.550 e. The van der Waals surface area contributed by atoms with E-state index in [2.05, 4.69) is 26.0 Å². The van der Waals surface area contributed by atoms with Crippen LogP contribution in [0, 0.1) is 13.8 Å². The fourth-order valence-electron chi connectivity index (χ4n) is 1.06. The maximum absolute atomic E-state index is 10.2.